The molecule has 0 aliphatic heterocycles. The molecule has 1 aromatic heterocycles. The zero-order valence-corrected chi connectivity index (χ0v) is 13.8. The van der Waals surface area contributed by atoms with Crippen LogP contribution >= 0.6 is 11.6 Å². The molecule has 0 aliphatic carbocycles. The van der Waals surface area contributed by atoms with E-state index in [0.29, 0.717) is 5.92 Å². The third kappa shape index (κ3) is 5.94. The van der Waals surface area contributed by atoms with Crippen molar-refractivity contribution in [3.63, 3.8) is 0 Å². The van der Waals surface area contributed by atoms with Crippen molar-refractivity contribution >= 4 is 11.6 Å². The monoisotopic (exact) mass is 305 g/mol. The van der Waals surface area contributed by atoms with Crippen LogP contribution in [0.1, 0.15) is 31.9 Å². The summed E-state index contributed by atoms with van der Waals surface area (Å²) in [6, 6.07) is 10.2. The van der Waals surface area contributed by atoms with E-state index in [1.807, 2.05) is 24.5 Å². The van der Waals surface area contributed by atoms with Crippen molar-refractivity contribution in [1.82, 2.24) is 5.32 Å². The summed E-state index contributed by atoms with van der Waals surface area (Å²) in [5.74, 6) is 0.514. The van der Waals surface area contributed by atoms with Crippen LogP contribution in [-0.4, -0.2) is 12.1 Å². The van der Waals surface area contributed by atoms with E-state index in [0.717, 1.165) is 24.4 Å². The second-order valence-corrected chi connectivity index (χ2v) is 7.10. The van der Waals surface area contributed by atoms with Gasteiger partial charge in [0.05, 0.1) is 12.5 Å². The maximum Gasteiger partial charge on any atom is 0.0934 e. The van der Waals surface area contributed by atoms with Crippen molar-refractivity contribution in [1.29, 1.82) is 0 Å². The molecule has 114 valence electrons. The van der Waals surface area contributed by atoms with Gasteiger partial charge in [-0.25, -0.2) is 0 Å². The molecule has 1 heterocycles. The number of furan rings is 1. The van der Waals surface area contributed by atoms with Crippen LogP contribution in [0.2, 0.25) is 5.02 Å². The van der Waals surface area contributed by atoms with Crippen molar-refractivity contribution < 1.29 is 4.42 Å². The highest BCUT2D eigenvalue weighted by molar-refractivity contribution is 6.30. The quantitative estimate of drug-likeness (QED) is 0.835. The first kappa shape index (κ1) is 16.1. The molecule has 2 nitrogen and oxygen atoms in total. The summed E-state index contributed by atoms with van der Waals surface area (Å²) in [5, 5.41) is 4.41. The molecule has 0 bridgehead atoms. The fourth-order valence-corrected chi connectivity index (χ4v) is 2.62. The van der Waals surface area contributed by atoms with Crippen LogP contribution in [0.25, 0.3) is 0 Å². The molecule has 1 atom stereocenters. The Balaban J connectivity index is 2.03. The third-order valence-corrected chi connectivity index (χ3v) is 3.67. The van der Waals surface area contributed by atoms with Crippen LogP contribution in [-0.2, 0) is 12.8 Å². The first-order valence-corrected chi connectivity index (χ1v) is 7.81. The molecule has 2 aromatic rings. The molecular weight excluding hydrogens is 282 g/mol. The highest BCUT2D eigenvalue weighted by Gasteiger charge is 2.16. The van der Waals surface area contributed by atoms with Gasteiger partial charge in [0.2, 0.25) is 0 Å². The number of halogens is 1. The summed E-state index contributed by atoms with van der Waals surface area (Å²) < 4.78 is 5.19. The number of nitrogens with one attached hydrogen (secondary N) is 1. The van der Waals surface area contributed by atoms with Crippen LogP contribution in [0, 0.1) is 5.92 Å². The van der Waals surface area contributed by atoms with Gasteiger partial charge in [0.15, 0.2) is 0 Å². The second kappa shape index (κ2) is 7.15. The Morgan fingerprint density at radius 3 is 2.52 bits per heavy atom. The van der Waals surface area contributed by atoms with E-state index in [9.17, 15) is 0 Å². The largest absolute Gasteiger partial charge is 0.472 e. The van der Waals surface area contributed by atoms with Crippen LogP contribution in [0.4, 0.5) is 0 Å². The van der Waals surface area contributed by atoms with Crippen LogP contribution in [0.15, 0.2) is 47.3 Å². The molecule has 0 radical (unpaired) electrons. The Morgan fingerprint density at radius 1 is 1.14 bits per heavy atom. The lowest BCUT2D eigenvalue weighted by Gasteiger charge is -2.25. The van der Waals surface area contributed by atoms with Crippen LogP contribution in [0.3, 0.4) is 0 Å². The second-order valence-electron chi connectivity index (χ2n) is 6.67. The molecule has 21 heavy (non-hydrogen) atoms. The van der Waals surface area contributed by atoms with Gasteiger partial charge < -0.3 is 9.73 Å². The molecule has 0 aliphatic rings. The van der Waals surface area contributed by atoms with E-state index in [-0.39, 0.29) is 5.54 Å². The molecule has 0 spiro atoms. The van der Waals surface area contributed by atoms with Crippen LogP contribution < -0.4 is 5.32 Å². The Morgan fingerprint density at radius 2 is 1.90 bits per heavy atom. The average molecular weight is 306 g/mol. The SMILES string of the molecule is CC(C)(C)NCC(Cc1ccoc1)Cc1cccc(Cl)c1. The summed E-state index contributed by atoms with van der Waals surface area (Å²) in [6.07, 6.45) is 5.59. The van der Waals surface area contributed by atoms with E-state index in [4.69, 9.17) is 16.0 Å². The minimum atomic E-state index is 0.128. The number of rotatable bonds is 6. The lowest BCUT2D eigenvalue weighted by atomic mass is 9.92. The molecule has 2 rings (SSSR count). The van der Waals surface area contributed by atoms with E-state index < -0.39 is 0 Å². The highest BCUT2D eigenvalue weighted by atomic mass is 35.5. The first-order chi connectivity index (χ1) is 9.92. The van der Waals surface area contributed by atoms with Gasteiger partial charge >= 0.3 is 0 Å². The Kier molecular flexibility index (Phi) is 5.49. The summed E-state index contributed by atoms with van der Waals surface area (Å²) in [6.45, 7) is 7.56. The Hall–Kier alpha value is -1.25. The van der Waals surface area contributed by atoms with Gasteiger partial charge in [-0.2, -0.15) is 0 Å². The van der Waals surface area contributed by atoms with Crippen molar-refractivity contribution in [3.8, 4) is 0 Å². The fraction of sp³-hybridized carbons (Fsp3) is 0.444. The Labute approximate surface area is 132 Å². The molecule has 0 fully saturated rings. The smallest absolute Gasteiger partial charge is 0.0934 e. The summed E-state index contributed by atoms with van der Waals surface area (Å²) >= 11 is 6.09. The zero-order chi connectivity index (χ0) is 15.3. The molecule has 3 heteroatoms. The third-order valence-electron chi connectivity index (χ3n) is 3.44. The van der Waals surface area contributed by atoms with E-state index in [2.05, 4.69) is 38.2 Å². The van der Waals surface area contributed by atoms with E-state index in [1.54, 1.807) is 6.26 Å². The minimum Gasteiger partial charge on any atom is -0.472 e. The number of hydrogen-bond donors (Lipinski definition) is 1. The molecule has 1 aromatic carbocycles. The van der Waals surface area contributed by atoms with Crippen LogP contribution in [0.5, 0.6) is 0 Å². The normalized spacial score (nSPS) is 13.3. The molecule has 1 N–H and O–H groups in total. The van der Waals surface area contributed by atoms with Gasteiger partial charge in [-0.3, -0.25) is 0 Å². The number of hydrogen-bond acceptors (Lipinski definition) is 2. The fourth-order valence-electron chi connectivity index (χ4n) is 2.41. The van der Waals surface area contributed by atoms with Crippen molar-refractivity contribution in [2.45, 2.75) is 39.2 Å². The first-order valence-electron chi connectivity index (χ1n) is 7.43. The van der Waals surface area contributed by atoms with Gasteiger partial charge in [0, 0.05) is 10.6 Å². The summed E-state index contributed by atoms with van der Waals surface area (Å²) in [7, 11) is 0. The predicted octanol–water partition coefficient (Wildman–Crippen LogP) is 4.72. The topological polar surface area (TPSA) is 25.2 Å². The maximum absolute atomic E-state index is 6.09. The van der Waals surface area contributed by atoms with Gasteiger partial charge in [-0.05, 0) is 75.4 Å². The molecule has 1 unspecified atom stereocenters. The van der Waals surface area contributed by atoms with Gasteiger partial charge in [0.25, 0.3) is 0 Å². The highest BCUT2D eigenvalue weighted by Crippen LogP contribution is 2.18. The molecule has 0 amide bonds. The van der Waals surface area contributed by atoms with Gasteiger partial charge in [-0.15, -0.1) is 0 Å². The van der Waals surface area contributed by atoms with Crippen molar-refractivity contribution in [2.75, 3.05) is 6.54 Å². The lowest BCUT2D eigenvalue weighted by molar-refractivity contribution is 0.366. The van der Waals surface area contributed by atoms with E-state index in [1.165, 1.54) is 11.1 Å². The van der Waals surface area contributed by atoms with Crippen molar-refractivity contribution in [2.24, 2.45) is 5.92 Å². The number of benzene rings is 1. The zero-order valence-electron chi connectivity index (χ0n) is 13.0. The lowest BCUT2D eigenvalue weighted by Crippen LogP contribution is -2.40. The molecule has 0 saturated heterocycles. The summed E-state index contributed by atoms with van der Waals surface area (Å²) in [4.78, 5) is 0. The standard InChI is InChI=1S/C18H24ClNO/c1-18(2,3)20-12-16(10-15-7-8-21-13-15)9-14-5-4-6-17(19)11-14/h4-8,11,13,16,20H,9-10,12H2,1-3H3. The molecule has 0 saturated carbocycles. The minimum absolute atomic E-state index is 0.128. The summed E-state index contributed by atoms with van der Waals surface area (Å²) in [5.41, 5.74) is 2.66. The average Bonchev–Trinajstić information content (AvgIpc) is 2.88. The van der Waals surface area contributed by atoms with Crippen molar-refractivity contribution in [3.05, 3.63) is 59.0 Å². The molecular formula is C18H24ClNO. The predicted molar refractivity (Wildman–Crippen MR) is 88.8 cm³/mol. The van der Waals surface area contributed by atoms with E-state index >= 15 is 0 Å². The van der Waals surface area contributed by atoms with Gasteiger partial charge in [0.1, 0.15) is 0 Å². The maximum atomic E-state index is 6.09. The Bertz CT molecular complexity index is 543. The van der Waals surface area contributed by atoms with Gasteiger partial charge in [-0.1, -0.05) is 23.7 Å².